The molecule has 0 spiro atoms. The Morgan fingerprint density at radius 2 is 2.17 bits per heavy atom. The number of rotatable bonds is 6. The van der Waals surface area contributed by atoms with Gasteiger partial charge in [0.15, 0.2) is 5.69 Å². The first-order valence-corrected chi connectivity index (χ1v) is 7.88. The van der Waals surface area contributed by atoms with E-state index in [1.54, 1.807) is 12.0 Å². The number of aromatic nitrogens is 2. The van der Waals surface area contributed by atoms with Crippen LogP contribution in [0, 0.1) is 0 Å². The summed E-state index contributed by atoms with van der Waals surface area (Å²) in [7, 11) is 1.64. The number of methoxy groups -OCH3 is 1. The largest absolute Gasteiger partial charge is 0.383 e. The molecule has 2 aromatic rings. The summed E-state index contributed by atoms with van der Waals surface area (Å²) in [5, 5.41) is 10.6. The Morgan fingerprint density at radius 3 is 2.96 bits per heavy atom. The Labute approximate surface area is 135 Å². The predicted octanol–water partition coefficient (Wildman–Crippen LogP) is 1.34. The Kier molecular flexibility index (Phi) is 5.05. The second-order valence-corrected chi connectivity index (χ2v) is 5.66. The normalized spacial score (nSPS) is 13.6. The number of benzene rings is 1. The SMILES string of the molecule is COCCN(Cc1ccccc1)C(=O)c1n[nH]c2c1CNCC2. The minimum absolute atomic E-state index is 0.0490. The lowest BCUT2D eigenvalue weighted by atomic mass is 10.1. The lowest BCUT2D eigenvalue weighted by Gasteiger charge is -2.23. The number of hydrogen-bond acceptors (Lipinski definition) is 4. The molecule has 3 rings (SSSR count). The molecule has 0 saturated heterocycles. The average Bonchev–Trinajstić information content (AvgIpc) is 3.03. The number of carbonyl (C=O) groups excluding carboxylic acids is 1. The lowest BCUT2D eigenvalue weighted by molar-refractivity contribution is 0.0673. The van der Waals surface area contributed by atoms with Crippen molar-refractivity contribution in [2.75, 3.05) is 26.8 Å². The summed E-state index contributed by atoms with van der Waals surface area (Å²) in [4.78, 5) is 14.7. The van der Waals surface area contributed by atoms with Crippen LogP contribution in [0.15, 0.2) is 30.3 Å². The Balaban J connectivity index is 1.81. The van der Waals surface area contributed by atoms with E-state index in [-0.39, 0.29) is 5.91 Å². The molecule has 1 aromatic heterocycles. The molecule has 6 heteroatoms. The van der Waals surface area contributed by atoms with Crippen LogP contribution < -0.4 is 5.32 Å². The molecule has 0 aliphatic carbocycles. The van der Waals surface area contributed by atoms with Crippen molar-refractivity contribution in [3.05, 3.63) is 52.8 Å². The third-order valence-corrected chi connectivity index (χ3v) is 4.08. The highest BCUT2D eigenvalue weighted by atomic mass is 16.5. The van der Waals surface area contributed by atoms with Gasteiger partial charge in [0.2, 0.25) is 0 Å². The zero-order valence-electron chi connectivity index (χ0n) is 13.3. The number of fused-ring (bicyclic) bond motifs is 1. The van der Waals surface area contributed by atoms with Crippen LogP contribution in [0.25, 0.3) is 0 Å². The van der Waals surface area contributed by atoms with Crippen LogP contribution in [0.5, 0.6) is 0 Å². The molecule has 1 aliphatic rings. The van der Waals surface area contributed by atoms with Crippen LogP contribution in [0.3, 0.4) is 0 Å². The van der Waals surface area contributed by atoms with E-state index in [2.05, 4.69) is 15.5 Å². The lowest BCUT2D eigenvalue weighted by Crippen LogP contribution is -2.35. The Morgan fingerprint density at radius 1 is 1.35 bits per heavy atom. The van der Waals surface area contributed by atoms with Gasteiger partial charge in [0.05, 0.1) is 6.61 Å². The number of nitrogens with one attached hydrogen (secondary N) is 2. The van der Waals surface area contributed by atoms with Crippen LogP contribution in [-0.4, -0.2) is 47.8 Å². The molecule has 23 heavy (non-hydrogen) atoms. The molecular weight excluding hydrogens is 292 g/mol. The smallest absolute Gasteiger partial charge is 0.275 e. The quantitative estimate of drug-likeness (QED) is 0.844. The molecule has 1 aromatic carbocycles. The van der Waals surface area contributed by atoms with Gasteiger partial charge in [0, 0.05) is 51.0 Å². The van der Waals surface area contributed by atoms with E-state index in [1.807, 2.05) is 30.3 Å². The van der Waals surface area contributed by atoms with Crippen molar-refractivity contribution < 1.29 is 9.53 Å². The zero-order valence-corrected chi connectivity index (χ0v) is 13.3. The number of amides is 1. The first-order chi connectivity index (χ1) is 11.3. The molecule has 0 unspecified atom stereocenters. The van der Waals surface area contributed by atoms with Crippen molar-refractivity contribution in [2.24, 2.45) is 0 Å². The number of hydrogen-bond donors (Lipinski definition) is 2. The van der Waals surface area contributed by atoms with E-state index >= 15 is 0 Å². The van der Waals surface area contributed by atoms with Crippen molar-refractivity contribution in [1.29, 1.82) is 0 Å². The molecule has 0 atom stereocenters. The zero-order chi connectivity index (χ0) is 16.1. The summed E-state index contributed by atoms with van der Waals surface area (Å²) in [5.41, 5.74) is 3.69. The summed E-state index contributed by atoms with van der Waals surface area (Å²) in [6, 6.07) is 9.98. The predicted molar refractivity (Wildman–Crippen MR) is 87.1 cm³/mol. The molecule has 122 valence electrons. The monoisotopic (exact) mass is 314 g/mol. The van der Waals surface area contributed by atoms with Crippen LogP contribution in [0.4, 0.5) is 0 Å². The van der Waals surface area contributed by atoms with Crippen LogP contribution in [-0.2, 0) is 24.2 Å². The van der Waals surface area contributed by atoms with E-state index in [4.69, 9.17) is 4.74 Å². The summed E-state index contributed by atoms with van der Waals surface area (Å²) in [5.74, 6) is -0.0490. The van der Waals surface area contributed by atoms with E-state index in [0.29, 0.717) is 31.9 Å². The van der Waals surface area contributed by atoms with Crippen molar-refractivity contribution in [1.82, 2.24) is 20.4 Å². The maximum absolute atomic E-state index is 12.9. The fourth-order valence-electron chi connectivity index (χ4n) is 2.81. The summed E-state index contributed by atoms with van der Waals surface area (Å²) < 4.78 is 5.16. The minimum Gasteiger partial charge on any atom is -0.383 e. The molecule has 0 fully saturated rings. The number of nitrogens with zero attached hydrogens (tertiary/aromatic N) is 2. The van der Waals surface area contributed by atoms with E-state index in [0.717, 1.165) is 29.8 Å². The second kappa shape index (κ2) is 7.39. The first kappa shape index (κ1) is 15.7. The summed E-state index contributed by atoms with van der Waals surface area (Å²) in [6.07, 6.45) is 0.881. The van der Waals surface area contributed by atoms with Gasteiger partial charge >= 0.3 is 0 Å². The highest BCUT2D eigenvalue weighted by Gasteiger charge is 2.25. The first-order valence-electron chi connectivity index (χ1n) is 7.88. The van der Waals surface area contributed by atoms with Gasteiger partial charge in [-0.2, -0.15) is 5.10 Å². The molecule has 0 bridgehead atoms. The van der Waals surface area contributed by atoms with Gasteiger partial charge in [-0.3, -0.25) is 9.89 Å². The number of aromatic amines is 1. The van der Waals surface area contributed by atoms with Gasteiger partial charge in [-0.1, -0.05) is 30.3 Å². The molecule has 2 N–H and O–H groups in total. The summed E-state index contributed by atoms with van der Waals surface area (Å²) in [6.45, 7) is 3.21. The fourth-order valence-corrected chi connectivity index (χ4v) is 2.81. The fraction of sp³-hybridized carbons (Fsp3) is 0.412. The number of H-pyrrole nitrogens is 1. The number of ether oxygens (including phenoxy) is 1. The molecule has 1 aliphatic heterocycles. The molecule has 0 radical (unpaired) electrons. The molecule has 0 saturated carbocycles. The van der Waals surface area contributed by atoms with Gasteiger partial charge in [-0.05, 0) is 5.56 Å². The van der Waals surface area contributed by atoms with Crippen LogP contribution in [0.2, 0.25) is 0 Å². The molecule has 1 amide bonds. The van der Waals surface area contributed by atoms with E-state index in [9.17, 15) is 4.79 Å². The van der Waals surface area contributed by atoms with Gasteiger partial charge < -0.3 is 15.0 Å². The van der Waals surface area contributed by atoms with Crippen LogP contribution >= 0.6 is 0 Å². The van der Waals surface area contributed by atoms with Crippen molar-refractivity contribution in [2.45, 2.75) is 19.5 Å². The average molecular weight is 314 g/mol. The van der Waals surface area contributed by atoms with Crippen molar-refractivity contribution in [3.63, 3.8) is 0 Å². The second-order valence-electron chi connectivity index (χ2n) is 5.66. The van der Waals surface area contributed by atoms with Gasteiger partial charge in [0.25, 0.3) is 5.91 Å². The minimum atomic E-state index is -0.0490. The Hall–Kier alpha value is -2.18. The number of carbonyl (C=O) groups is 1. The van der Waals surface area contributed by atoms with E-state index in [1.165, 1.54) is 0 Å². The Bertz CT molecular complexity index is 654. The third kappa shape index (κ3) is 3.60. The highest BCUT2D eigenvalue weighted by Crippen LogP contribution is 2.18. The maximum atomic E-state index is 12.9. The molecule has 6 nitrogen and oxygen atoms in total. The van der Waals surface area contributed by atoms with Crippen LogP contribution in [0.1, 0.15) is 27.3 Å². The molecular formula is C17H22N4O2. The van der Waals surface area contributed by atoms with Gasteiger partial charge in [-0.15, -0.1) is 0 Å². The summed E-state index contributed by atoms with van der Waals surface area (Å²) >= 11 is 0. The molecule has 2 heterocycles. The third-order valence-electron chi connectivity index (χ3n) is 4.08. The van der Waals surface area contributed by atoms with E-state index < -0.39 is 0 Å². The van der Waals surface area contributed by atoms with Gasteiger partial charge in [0.1, 0.15) is 0 Å². The topological polar surface area (TPSA) is 70.2 Å². The van der Waals surface area contributed by atoms with Crippen molar-refractivity contribution in [3.8, 4) is 0 Å². The standard InChI is InChI=1S/C17H22N4O2/c1-23-10-9-21(12-13-5-3-2-4-6-13)17(22)16-14-11-18-8-7-15(14)19-20-16/h2-6,18H,7-12H2,1H3,(H,19,20). The highest BCUT2D eigenvalue weighted by molar-refractivity contribution is 5.94. The van der Waals surface area contributed by atoms with Gasteiger partial charge in [-0.25, -0.2) is 0 Å². The maximum Gasteiger partial charge on any atom is 0.275 e. The van der Waals surface area contributed by atoms with Crippen molar-refractivity contribution >= 4 is 5.91 Å².